The van der Waals surface area contributed by atoms with Crippen LogP contribution in [0.5, 0.6) is 5.75 Å². The summed E-state index contributed by atoms with van der Waals surface area (Å²) >= 11 is 5.32. The highest BCUT2D eigenvalue weighted by atomic mass is 32.1. The fourth-order valence-electron chi connectivity index (χ4n) is 1.98. The summed E-state index contributed by atoms with van der Waals surface area (Å²) in [5.74, 6) is 1.80. The van der Waals surface area contributed by atoms with E-state index in [1.54, 1.807) is 13.4 Å². The number of methoxy groups -OCH3 is 1. The Balaban J connectivity index is 1.77. The van der Waals surface area contributed by atoms with E-state index in [0.29, 0.717) is 5.11 Å². The number of benzene rings is 1. The summed E-state index contributed by atoms with van der Waals surface area (Å²) in [7, 11) is 1.65. The van der Waals surface area contributed by atoms with Crippen LogP contribution in [0.3, 0.4) is 0 Å². The third kappa shape index (κ3) is 5.11. The van der Waals surface area contributed by atoms with Crippen LogP contribution >= 0.6 is 12.2 Å². The monoisotopic (exact) mass is 304 g/mol. The normalized spacial score (nSPS) is 11.7. The molecule has 1 aromatic carbocycles. The molecule has 4 nitrogen and oxygen atoms in total. The third-order valence-corrected chi connectivity index (χ3v) is 3.33. The van der Waals surface area contributed by atoms with Gasteiger partial charge in [-0.05, 0) is 49.8 Å². The highest BCUT2D eigenvalue weighted by molar-refractivity contribution is 7.80. The molecule has 1 heterocycles. The minimum absolute atomic E-state index is 0.265. The van der Waals surface area contributed by atoms with Crippen molar-refractivity contribution < 1.29 is 9.15 Å². The molecule has 21 heavy (non-hydrogen) atoms. The van der Waals surface area contributed by atoms with Crippen molar-refractivity contribution in [2.45, 2.75) is 25.8 Å². The van der Waals surface area contributed by atoms with E-state index >= 15 is 0 Å². The van der Waals surface area contributed by atoms with Crippen molar-refractivity contribution in [1.82, 2.24) is 5.32 Å². The molecule has 0 amide bonds. The number of thiocarbonyl (C=S) groups is 1. The van der Waals surface area contributed by atoms with E-state index in [-0.39, 0.29) is 6.04 Å². The average Bonchev–Trinajstić information content (AvgIpc) is 2.98. The first-order valence-corrected chi connectivity index (χ1v) is 7.32. The van der Waals surface area contributed by atoms with Crippen LogP contribution in [0.25, 0.3) is 0 Å². The highest BCUT2D eigenvalue weighted by Gasteiger charge is 2.06. The Hall–Kier alpha value is -2.01. The van der Waals surface area contributed by atoms with Gasteiger partial charge in [0.1, 0.15) is 11.5 Å². The molecule has 0 aliphatic carbocycles. The number of rotatable bonds is 6. The average molecular weight is 304 g/mol. The summed E-state index contributed by atoms with van der Waals surface area (Å²) in [6.07, 6.45) is 3.54. The molecule has 0 saturated carbocycles. The second-order valence-corrected chi connectivity index (χ2v) is 5.26. The number of nitrogens with one attached hydrogen (secondary N) is 2. The Kier molecular flexibility index (Phi) is 5.63. The second kappa shape index (κ2) is 7.69. The van der Waals surface area contributed by atoms with Crippen LogP contribution in [0, 0.1) is 0 Å². The summed E-state index contributed by atoms with van der Waals surface area (Å²) < 4.78 is 10.5. The van der Waals surface area contributed by atoms with Crippen LogP contribution in [0.4, 0.5) is 5.69 Å². The Bertz CT molecular complexity index is 569. The Morgan fingerprint density at radius 3 is 2.90 bits per heavy atom. The van der Waals surface area contributed by atoms with Gasteiger partial charge in [-0.2, -0.15) is 0 Å². The zero-order valence-electron chi connectivity index (χ0n) is 12.3. The molecular formula is C16H20N2O2S. The van der Waals surface area contributed by atoms with Crippen molar-refractivity contribution in [3.8, 4) is 5.75 Å². The van der Waals surface area contributed by atoms with E-state index in [0.717, 1.165) is 30.0 Å². The molecule has 0 fully saturated rings. The van der Waals surface area contributed by atoms with Crippen LogP contribution in [0.1, 0.15) is 19.1 Å². The maximum Gasteiger partial charge on any atom is 0.170 e. The summed E-state index contributed by atoms with van der Waals surface area (Å²) in [6, 6.07) is 11.8. The Labute approximate surface area is 130 Å². The molecule has 0 aliphatic rings. The number of anilines is 1. The van der Waals surface area contributed by atoms with Gasteiger partial charge < -0.3 is 19.8 Å². The number of ether oxygens (including phenoxy) is 1. The molecule has 5 heteroatoms. The molecule has 0 unspecified atom stereocenters. The summed E-state index contributed by atoms with van der Waals surface area (Å²) in [4.78, 5) is 0. The van der Waals surface area contributed by atoms with Crippen molar-refractivity contribution in [2.75, 3.05) is 12.4 Å². The fourth-order valence-corrected chi connectivity index (χ4v) is 2.30. The van der Waals surface area contributed by atoms with Gasteiger partial charge in [-0.3, -0.25) is 0 Å². The highest BCUT2D eigenvalue weighted by Crippen LogP contribution is 2.16. The molecule has 2 aromatic rings. The van der Waals surface area contributed by atoms with Gasteiger partial charge in [0, 0.05) is 24.2 Å². The molecule has 0 spiro atoms. The lowest BCUT2D eigenvalue weighted by atomic mass is 10.1. The second-order valence-electron chi connectivity index (χ2n) is 4.85. The third-order valence-electron chi connectivity index (χ3n) is 3.11. The quantitative estimate of drug-likeness (QED) is 0.799. The predicted octanol–water partition coefficient (Wildman–Crippen LogP) is 3.60. The zero-order chi connectivity index (χ0) is 15.1. The summed E-state index contributed by atoms with van der Waals surface area (Å²) in [5.41, 5.74) is 0.907. The topological polar surface area (TPSA) is 46.4 Å². The van der Waals surface area contributed by atoms with E-state index in [2.05, 4.69) is 17.6 Å². The molecular weight excluding hydrogens is 284 g/mol. The molecule has 0 saturated heterocycles. The molecule has 0 bridgehead atoms. The fraction of sp³-hybridized carbons (Fsp3) is 0.312. The van der Waals surface area contributed by atoms with Crippen LogP contribution < -0.4 is 15.4 Å². The van der Waals surface area contributed by atoms with Crippen molar-refractivity contribution in [3.05, 3.63) is 48.4 Å². The minimum Gasteiger partial charge on any atom is -0.497 e. The summed E-state index contributed by atoms with van der Waals surface area (Å²) in [5, 5.41) is 7.03. The molecule has 1 atom stereocenters. The number of hydrogen-bond acceptors (Lipinski definition) is 3. The van der Waals surface area contributed by atoms with E-state index in [1.807, 2.05) is 36.4 Å². The van der Waals surface area contributed by atoms with Gasteiger partial charge >= 0.3 is 0 Å². The number of furan rings is 1. The molecule has 0 aliphatic heterocycles. The summed E-state index contributed by atoms with van der Waals surface area (Å²) in [6.45, 7) is 2.10. The van der Waals surface area contributed by atoms with Gasteiger partial charge in [-0.1, -0.05) is 6.07 Å². The molecule has 112 valence electrons. The van der Waals surface area contributed by atoms with E-state index in [9.17, 15) is 0 Å². The van der Waals surface area contributed by atoms with E-state index in [4.69, 9.17) is 21.4 Å². The SMILES string of the molecule is COc1cccc(NC(=S)N[C@@H](C)CCc2ccco2)c1. The van der Waals surface area contributed by atoms with Gasteiger partial charge in [0.2, 0.25) is 0 Å². The largest absolute Gasteiger partial charge is 0.497 e. The van der Waals surface area contributed by atoms with Gasteiger partial charge in [0.05, 0.1) is 13.4 Å². The molecule has 1 aromatic heterocycles. The van der Waals surface area contributed by atoms with Gasteiger partial charge in [0.25, 0.3) is 0 Å². The standard InChI is InChI=1S/C16H20N2O2S/c1-12(8-9-14-7-4-10-20-14)17-16(21)18-13-5-3-6-15(11-13)19-2/h3-7,10-12H,8-9H2,1-2H3,(H2,17,18,21)/t12-/m0/s1. The number of hydrogen-bond donors (Lipinski definition) is 2. The molecule has 2 N–H and O–H groups in total. The van der Waals surface area contributed by atoms with E-state index < -0.39 is 0 Å². The van der Waals surface area contributed by atoms with Crippen LogP contribution in [0.15, 0.2) is 47.1 Å². The first kappa shape index (κ1) is 15.4. The number of aryl methyl sites for hydroxylation is 1. The first-order chi connectivity index (χ1) is 10.2. The first-order valence-electron chi connectivity index (χ1n) is 6.91. The van der Waals surface area contributed by atoms with Crippen molar-refractivity contribution in [2.24, 2.45) is 0 Å². The van der Waals surface area contributed by atoms with Crippen LogP contribution in [-0.4, -0.2) is 18.3 Å². The lowest BCUT2D eigenvalue weighted by Gasteiger charge is -2.16. The van der Waals surface area contributed by atoms with Gasteiger partial charge in [0.15, 0.2) is 5.11 Å². The van der Waals surface area contributed by atoms with E-state index in [1.165, 1.54) is 0 Å². The van der Waals surface area contributed by atoms with Gasteiger partial charge in [-0.15, -0.1) is 0 Å². The maximum absolute atomic E-state index is 5.32. The van der Waals surface area contributed by atoms with Crippen LogP contribution in [0.2, 0.25) is 0 Å². The van der Waals surface area contributed by atoms with Crippen molar-refractivity contribution in [1.29, 1.82) is 0 Å². The van der Waals surface area contributed by atoms with Crippen LogP contribution in [-0.2, 0) is 6.42 Å². The smallest absolute Gasteiger partial charge is 0.170 e. The minimum atomic E-state index is 0.265. The van der Waals surface area contributed by atoms with Crippen molar-refractivity contribution in [3.63, 3.8) is 0 Å². The van der Waals surface area contributed by atoms with Gasteiger partial charge in [-0.25, -0.2) is 0 Å². The lowest BCUT2D eigenvalue weighted by molar-refractivity contribution is 0.415. The molecule has 2 rings (SSSR count). The molecule has 0 radical (unpaired) electrons. The zero-order valence-corrected chi connectivity index (χ0v) is 13.1. The predicted molar refractivity (Wildman–Crippen MR) is 88.8 cm³/mol. The maximum atomic E-state index is 5.32. The Morgan fingerprint density at radius 2 is 2.19 bits per heavy atom. The van der Waals surface area contributed by atoms with Crippen molar-refractivity contribution >= 4 is 23.0 Å². The Morgan fingerprint density at radius 1 is 1.33 bits per heavy atom. The lowest BCUT2D eigenvalue weighted by Crippen LogP contribution is -2.36.